The van der Waals surface area contributed by atoms with Crippen molar-refractivity contribution in [1.29, 1.82) is 0 Å². The number of thioether (sulfide) groups is 1. The second kappa shape index (κ2) is 11.0. The standard InChI is InChI=1S/C27H26FN5O2S/c28-19-7-6-18(23(14-19)17-4-2-1-3-5-17)16-30-20-8-10-21(11-9-20)31-26-29-13-12-22(32-26)15-24-25(34)33-27(35)36-24/h1-7,12-15,20-21,30H,8-11,16H2,(H,29,31,32)(H,33,34,35)/t20-,21-. The number of anilines is 1. The van der Waals surface area contributed by atoms with Crippen molar-refractivity contribution in [1.82, 2.24) is 20.6 Å². The summed E-state index contributed by atoms with van der Waals surface area (Å²) in [6.45, 7) is 0.682. The van der Waals surface area contributed by atoms with Crippen molar-refractivity contribution in [2.45, 2.75) is 44.3 Å². The summed E-state index contributed by atoms with van der Waals surface area (Å²) in [5, 5.41) is 8.92. The van der Waals surface area contributed by atoms with E-state index in [1.54, 1.807) is 24.4 Å². The van der Waals surface area contributed by atoms with E-state index in [4.69, 9.17) is 0 Å². The van der Waals surface area contributed by atoms with Crippen LogP contribution < -0.4 is 16.0 Å². The highest BCUT2D eigenvalue weighted by Gasteiger charge is 2.25. The first-order valence-electron chi connectivity index (χ1n) is 12.0. The predicted octanol–water partition coefficient (Wildman–Crippen LogP) is 5.12. The maximum atomic E-state index is 13.9. The molecule has 0 atom stereocenters. The lowest BCUT2D eigenvalue weighted by atomic mass is 9.91. The number of carbonyl (C=O) groups is 2. The third-order valence-electron chi connectivity index (χ3n) is 6.40. The Bertz CT molecular complexity index is 1290. The number of nitrogens with zero attached hydrogens (tertiary/aromatic N) is 2. The van der Waals surface area contributed by atoms with Gasteiger partial charge in [-0.2, -0.15) is 0 Å². The van der Waals surface area contributed by atoms with Gasteiger partial charge in [-0.15, -0.1) is 0 Å². The van der Waals surface area contributed by atoms with Gasteiger partial charge < -0.3 is 10.6 Å². The molecule has 36 heavy (non-hydrogen) atoms. The zero-order chi connectivity index (χ0) is 24.9. The Morgan fingerprint density at radius 1 is 1.03 bits per heavy atom. The highest BCUT2D eigenvalue weighted by Crippen LogP contribution is 2.27. The van der Waals surface area contributed by atoms with E-state index in [1.165, 1.54) is 6.07 Å². The molecule has 1 aliphatic heterocycles. The van der Waals surface area contributed by atoms with E-state index in [1.807, 2.05) is 36.4 Å². The Morgan fingerprint density at radius 2 is 1.81 bits per heavy atom. The van der Waals surface area contributed by atoms with E-state index in [0.717, 1.165) is 54.1 Å². The lowest BCUT2D eigenvalue weighted by Crippen LogP contribution is -2.37. The van der Waals surface area contributed by atoms with E-state index in [0.29, 0.717) is 29.1 Å². The fourth-order valence-electron chi connectivity index (χ4n) is 4.55. The fraction of sp³-hybridized carbons (Fsp3) is 0.259. The Balaban J connectivity index is 1.15. The second-order valence-electron chi connectivity index (χ2n) is 8.90. The summed E-state index contributed by atoms with van der Waals surface area (Å²) in [5.41, 5.74) is 3.59. The molecular weight excluding hydrogens is 477 g/mol. The van der Waals surface area contributed by atoms with E-state index >= 15 is 0 Å². The number of rotatable bonds is 7. The van der Waals surface area contributed by atoms with Crippen molar-refractivity contribution in [3.63, 3.8) is 0 Å². The number of aromatic nitrogens is 2. The van der Waals surface area contributed by atoms with Crippen LogP contribution >= 0.6 is 11.8 Å². The molecule has 9 heteroatoms. The molecular formula is C27H26FN5O2S. The molecule has 1 saturated heterocycles. The summed E-state index contributed by atoms with van der Waals surface area (Å²) in [7, 11) is 0. The van der Waals surface area contributed by atoms with Crippen LogP contribution in [0.15, 0.2) is 65.7 Å². The van der Waals surface area contributed by atoms with Crippen LogP contribution in [0.2, 0.25) is 0 Å². The van der Waals surface area contributed by atoms with Gasteiger partial charge in [-0.05, 0) is 78.4 Å². The number of hydrogen-bond acceptors (Lipinski definition) is 7. The van der Waals surface area contributed by atoms with Gasteiger partial charge in [-0.25, -0.2) is 14.4 Å². The van der Waals surface area contributed by atoms with Crippen molar-refractivity contribution in [3.05, 3.63) is 82.8 Å². The van der Waals surface area contributed by atoms with Crippen LogP contribution in [0.25, 0.3) is 17.2 Å². The number of halogens is 1. The molecule has 2 aliphatic rings. The molecule has 7 nitrogen and oxygen atoms in total. The number of imide groups is 1. The molecule has 2 heterocycles. The molecule has 0 spiro atoms. The smallest absolute Gasteiger partial charge is 0.290 e. The van der Waals surface area contributed by atoms with Crippen LogP contribution in [-0.2, 0) is 11.3 Å². The average molecular weight is 504 g/mol. The quantitative estimate of drug-likeness (QED) is 0.385. The van der Waals surface area contributed by atoms with E-state index in [-0.39, 0.29) is 17.1 Å². The Kier molecular flexibility index (Phi) is 7.39. The third kappa shape index (κ3) is 5.98. The fourth-order valence-corrected chi connectivity index (χ4v) is 5.21. The van der Waals surface area contributed by atoms with Crippen molar-refractivity contribution >= 4 is 34.9 Å². The van der Waals surface area contributed by atoms with E-state index in [9.17, 15) is 14.0 Å². The maximum absolute atomic E-state index is 13.9. The molecule has 0 unspecified atom stereocenters. The largest absolute Gasteiger partial charge is 0.351 e. The molecule has 3 aromatic rings. The molecule has 3 N–H and O–H groups in total. The van der Waals surface area contributed by atoms with Gasteiger partial charge in [0.2, 0.25) is 5.95 Å². The van der Waals surface area contributed by atoms with Gasteiger partial charge in [0, 0.05) is 24.8 Å². The van der Waals surface area contributed by atoms with Crippen LogP contribution in [0, 0.1) is 5.82 Å². The normalized spacial score (nSPS) is 21.0. The van der Waals surface area contributed by atoms with Crippen molar-refractivity contribution in [2.75, 3.05) is 5.32 Å². The summed E-state index contributed by atoms with van der Waals surface area (Å²) in [5.74, 6) is -0.125. The summed E-state index contributed by atoms with van der Waals surface area (Å²) in [4.78, 5) is 32.2. The Labute approximate surface area is 213 Å². The summed E-state index contributed by atoms with van der Waals surface area (Å²) >= 11 is 0.869. The van der Waals surface area contributed by atoms with Gasteiger partial charge in [0.05, 0.1) is 10.6 Å². The first-order chi connectivity index (χ1) is 17.5. The second-order valence-corrected chi connectivity index (χ2v) is 9.91. The molecule has 1 aromatic heterocycles. The molecule has 0 radical (unpaired) electrons. The minimum atomic E-state index is -0.402. The molecule has 0 bridgehead atoms. The van der Waals surface area contributed by atoms with Crippen LogP contribution in [0.1, 0.15) is 36.9 Å². The maximum Gasteiger partial charge on any atom is 0.290 e. The van der Waals surface area contributed by atoms with Gasteiger partial charge >= 0.3 is 0 Å². The topological polar surface area (TPSA) is 96.0 Å². The molecule has 5 rings (SSSR count). The minimum Gasteiger partial charge on any atom is -0.351 e. The highest BCUT2D eigenvalue weighted by molar-refractivity contribution is 8.18. The van der Waals surface area contributed by atoms with Crippen molar-refractivity contribution in [3.8, 4) is 11.1 Å². The minimum absolute atomic E-state index is 0.231. The lowest BCUT2D eigenvalue weighted by molar-refractivity contribution is -0.115. The van der Waals surface area contributed by atoms with Crippen LogP contribution in [0.5, 0.6) is 0 Å². The van der Waals surface area contributed by atoms with Gasteiger partial charge in [0.15, 0.2) is 0 Å². The van der Waals surface area contributed by atoms with Crippen LogP contribution in [0.3, 0.4) is 0 Å². The van der Waals surface area contributed by atoms with Crippen LogP contribution in [0.4, 0.5) is 15.1 Å². The third-order valence-corrected chi connectivity index (χ3v) is 7.21. The predicted molar refractivity (Wildman–Crippen MR) is 139 cm³/mol. The molecule has 2 fully saturated rings. The van der Waals surface area contributed by atoms with Crippen LogP contribution in [-0.4, -0.2) is 33.2 Å². The van der Waals surface area contributed by atoms with Crippen molar-refractivity contribution < 1.29 is 14.0 Å². The van der Waals surface area contributed by atoms with Crippen molar-refractivity contribution in [2.24, 2.45) is 0 Å². The number of amides is 2. The Hall–Kier alpha value is -3.56. The van der Waals surface area contributed by atoms with Gasteiger partial charge in [-0.3, -0.25) is 14.9 Å². The average Bonchev–Trinajstić information content (AvgIpc) is 3.21. The molecule has 184 valence electrons. The number of nitrogens with one attached hydrogen (secondary N) is 3. The summed E-state index contributed by atoms with van der Waals surface area (Å²) in [6, 6.07) is 17.2. The summed E-state index contributed by atoms with van der Waals surface area (Å²) < 4.78 is 13.9. The number of benzene rings is 2. The molecule has 1 aliphatic carbocycles. The first kappa shape index (κ1) is 24.1. The monoisotopic (exact) mass is 503 g/mol. The lowest BCUT2D eigenvalue weighted by Gasteiger charge is -2.30. The summed E-state index contributed by atoms with van der Waals surface area (Å²) in [6.07, 6.45) is 7.17. The van der Waals surface area contributed by atoms with E-state index in [2.05, 4.69) is 25.9 Å². The number of carbonyl (C=O) groups excluding carboxylic acids is 2. The highest BCUT2D eigenvalue weighted by atomic mass is 32.2. The first-order valence-corrected chi connectivity index (χ1v) is 12.8. The zero-order valence-electron chi connectivity index (χ0n) is 19.5. The zero-order valence-corrected chi connectivity index (χ0v) is 20.4. The van der Waals surface area contributed by atoms with Gasteiger partial charge in [-0.1, -0.05) is 36.4 Å². The molecule has 2 aromatic carbocycles. The van der Waals surface area contributed by atoms with E-state index < -0.39 is 5.91 Å². The number of hydrogen-bond donors (Lipinski definition) is 3. The van der Waals surface area contributed by atoms with Gasteiger partial charge in [0.1, 0.15) is 5.82 Å². The molecule has 1 saturated carbocycles. The Morgan fingerprint density at radius 3 is 2.56 bits per heavy atom. The SMILES string of the molecule is O=C1NC(=O)C(=Cc2ccnc(N[C@H]3CC[C@H](NCc4ccc(F)cc4-c4ccccc4)CC3)n2)S1. The molecule has 2 amide bonds. The van der Waals surface area contributed by atoms with Gasteiger partial charge in [0.25, 0.3) is 11.1 Å².